The summed E-state index contributed by atoms with van der Waals surface area (Å²) >= 11 is 0. The first-order valence-electron chi connectivity index (χ1n) is 5.29. The normalized spacial score (nSPS) is 20.8. The SMILES string of the molecule is C#CCC(C)C1Cc2ccccc2C1=O. The van der Waals surface area contributed by atoms with Gasteiger partial charge < -0.3 is 0 Å². The molecule has 1 aliphatic rings. The first-order valence-corrected chi connectivity index (χ1v) is 5.29. The van der Waals surface area contributed by atoms with E-state index >= 15 is 0 Å². The molecular weight excluding hydrogens is 184 g/mol. The number of fused-ring (bicyclic) bond motifs is 1. The van der Waals surface area contributed by atoms with Crippen molar-refractivity contribution in [3.8, 4) is 12.3 Å². The molecule has 1 aliphatic carbocycles. The summed E-state index contributed by atoms with van der Waals surface area (Å²) < 4.78 is 0. The van der Waals surface area contributed by atoms with E-state index in [1.165, 1.54) is 5.56 Å². The maximum absolute atomic E-state index is 12.0. The molecule has 2 rings (SSSR count). The van der Waals surface area contributed by atoms with Crippen LogP contribution in [-0.2, 0) is 6.42 Å². The lowest BCUT2D eigenvalue weighted by atomic mass is 9.88. The molecule has 76 valence electrons. The van der Waals surface area contributed by atoms with E-state index < -0.39 is 0 Å². The van der Waals surface area contributed by atoms with Crippen molar-refractivity contribution in [2.75, 3.05) is 0 Å². The van der Waals surface area contributed by atoms with Crippen LogP contribution in [0.5, 0.6) is 0 Å². The third-order valence-electron chi connectivity index (χ3n) is 3.19. The Balaban J connectivity index is 2.24. The predicted octanol–water partition coefficient (Wildman–Crippen LogP) is 2.70. The van der Waals surface area contributed by atoms with Gasteiger partial charge in [0, 0.05) is 17.9 Å². The Morgan fingerprint density at radius 1 is 1.53 bits per heavy atom. The topological polar surface area (TPSA) is 17.1 Å². The third kappa shape index (κ3) is 1.68. The van der Waals surface area contributed by atoms with Crippen molar-refractivity contribution in [1.29, 1.82) is 0 Å². The summed E-state index contributed by atoms with van der Waals surface area (Å²) in [5.74, 6) is 3.29. The van der Waals surface area contributed by atoms with Crippen molar-refractivity contribution < 1.29 is 4.79 Å². The fourth-order valence-corrected chi connectivity index (χ4v) is 2.26. The fourth-order valence-electron chi connectivity index (χ4n) is 2.26. The van der Waals surface area contributed by atoms with Crippen LogP contribution in [0.1, 0.15) is 29.3 Å². The van der Waals surface area contributed by atoms with Crippen molar-refractivity contribution in [2.24, 2.45) is 11.8 Å². The van der Waals surface area contributed by atoms with E-state index in [0.29, 0.717) is 6.42 Å². The first-order chi connectivity index (χ1) is 7.24. The van der Waals surface area contributed by atoms with Crippen LogP contribution in [0.2, 0.25) is 0 Å². The molecule has 0 N–H and O–H groups in total. The van der Waals surface area contributed by atoms with Crippen LogP contribution in [0.4, 0.5) is 0 Å². The Labute approximate surface area is 90.5 Å². The van der Waals surface area contributed by atoms with E-state index in [1.54, 1.807) is 0 Å². The molecule has 0 saturated heterocycles. The highest BCUT2D eigenvalue weighted by molar-refractivity contribution is 6.02. The van der Waals surface area contributed by atoms with Gasteiger partial charge in [-0.2, -0.15) is 0 Å². The minimum atomic E-state index is 0.0958. The minimum absolute atomic E-state index is 0.0958. The molecule has 0 fully saturated rings. The van der Waals surface area contributed by atoms with Crippen molar-refractivity contribution in [3.05, 3.63) is 35.4 Å². The molecule has 1 nitrogen and oxygen atoms in total. The summed E-state index contributed by atoms with van der Waals surface area (Å²) in [5.41, 5.74) is 2.07. The molecule has 1 aromatic carbocycles. The summed E-state index contributed by atoms with van der Waals surface area (Å²) in [6, 6.07) is 7.86. The number of carbonyl (C=O) groups excluding carboxylic acids is 1. The van der Waals surface area contributed by atoms with Crippen LogP contribution < -0.4 is 0 Å². The molecule has 0 spiro atoms. The standard InChI is InChI=1S/C14H14O/c1-3-6-10(2)13-9-11-7-4-5-8-12(11)14(13)15/h1,4-5,7-8,10,13H,6,9H2,2H3. The molecule has 2 atom stereocenters. The second kappa shape index (κ2) is 3.90. The van der Waals surface area contributed by atoms with E-state index in [9.17, 15) is 4.79 Å². The van der Waals surface area contributed by atoms with Gasteiger partial charge in [0.2, 0.25) is 0 Å². The van der Waals surface area contributed by atoms with Crippen LogP contribution in [0, 0.1) is 24.2 Å². The minimum Gasteiger partial charge on any atom is -0.294 e. The second-order valence-corrected chi connectivity index (χ2v) is 4.22. The monoisotopic (exact) mass is 198 g/mol. The number of terminal acetylenes is 1. The zero-order valence-electron chi connectivity index (χ0n) is 8.86. The number of Topliss-reactive ketones (excluding diaryl/α,β-unsaturated/α-hetero) is 1. The van der Waals surface area contributed by atoms with E-state index in [4.69, 9.17) is 6.42 Å². The highest BCUT2D eigenvalue weighted by Gasteiger charge is 2.33. The molecule has 0 heterocycles. The molecule has 2 unspecified atom stereocenters. The highest BCUT2D eigenvalue weighted by atomic mass is 16.1. The number of hydrogen-bond acceptors (Lipinski definition) is 1. The number of rotatable bonds is 2. The number of benzene rings is 1. The molecule has 15 heavy (non-hydrogen) atoms. The summed E-state index contributed by atoms with van der Waals surface area (Å²) in [7, 11) is 0. The largest absolute Gasteiger partial charge is 0.294 e. The maximum atomic E-state index is 12.0. The van der Waals surface area contributed by atoms with Crippen molar-refractivity contribution >= 4 is 5.78 Å². The molecule has 1 heteroatoms. The van der Waals surface area contributed by atoms with Gasteiger partial charge in [-0.15, -0.1) is 12.3 Å². The fraction of sp³-hybridized carbons (Fsp3) is 0.357. The number of hydrogen-bond donors (Lipinski definition) is 0. The van der Waals surface area contributed by atoms with Crippen molar-refractivity contribution in [2.45, 2.75) is 19.8 Å². The predicted molar refractivity (Wildman–Crippen MR) is 60.6 cm³/mol. The van der Waals surface area contributed by atoms with Gasteiger partial charge in [0.15, 0.2) is 5.78 Å². The zero-order chi connectivity index (χ0) is 10.8. The Morgan fingerprint density at radius 2 is 2.27 bits per heavy atom. The molecule has 0 radical (unpaired) electrons. The first kappa shape index (κ1) is 9.98. The molecule has 0 aliphatic heterocycles. The molecule has 0 amide bonds. The Hall–Kier alpha value is -1.55. The van der Waals surface area contributed by atoms with Crippen LogP contribution >= 0.6 is 0 Å². The number of ketones is 1. The van der Waals surface area contributed by atoms with Crippen LogP contribution in [0.25, 0.3) is 0 Å². The van der Waals surface area contributed by atoms with Gasteiger partial charge in [-0.25, -0.2) is 0 Å². The van der Waals surface area contributed by atoms with Gasteiger partial charge in [0.1, 0.15) is 0 Å². The van der Waals surface area contributed by atoms with E-state index in [1.807, 2.05) is 24.3 Å². The lowest BCUT2D eigenvalue weighted by Crippen LogP contribution is -2.17. The second-order valence-electron chi connectivity index (χ2n) is 4.22. The number of carbonyl (C=O) groups is 1. The molecule has 1 aromatic rings. The summed E-state index contributed by atoms with van der Waals surface area (Å²) in [6.45, 7) is 2.06. The van der Waals surface area contributed by atoms with Gasteiger partial charge in [-0.3, -0.25) is 4.79 Å². The lowest BCUT2D eigenvalue weighted by Gasteiger charge is -2.14. The summed E-state index contributed by atoms with van der Waals surface area (Å²) in [6.07, 6.45) is 6.83. The average molecular weight is 198 g/mol. The van der Waals surface area contributed by atoms with E-state index in [0.717, 1.165) is 12.0 Å². The van der Waals surface area contributed by atoms with Crippen molar-refractivity contribution in [1.82, 2.24) is 0 Å². The van der Waals surface area contributed by atoms with Gasteiger partial charge in [-0.05, 0) is 17.9 Å². The lowest BCUT2D eigenvalue weighted by molar-refractivity contribution is 0.0901. The Morgan fingerprint density at radius 3 is 2.93 bits per heavy atom. The van der Waals surface area contributed by atoms with Crippen molar-refractivity contribution in [3.63, 3.8) is 0 Å². The van der Waals surface area contributed by atoms with Gasteiger partial charge >= 0.3 is 0 Å². The third-order valence-corrected chi connectivity index (χ3v) is 3.19. The molecule has 0 bridgehead atoms. The quantitative estimate of drug-likeness (QED) is 0.668. The smallest absolute Gasteiger partial charge is 0.166 e. The average Bonchev–Trinajstić information content (AvgIpc) is 2.57. The highest BCUT2D eigenvalue weighted by Crippen LogP contribution is 2.32. The van der Waals surface area contributed by atoms with Crippen LogP contribution in [-0.4, -0.2) is 5.78 Å². The summed E-state index contributed by atoms with van der Waals surface area (Å²) in [5, 5.41) is 0. The Bertz CT molecular complexity index is 425. The zero-order valence-corrected chi connectivity index (χ0v) is 8.86. The van der Waals surface area contributed by atoms with Gasteiger partial charge in [-0.1, -0.05) is 31.2 Å². The maximum Gasteiger partial charge on any atom is 0.166 e. The molecule has 0 saturated carbocycles. The van der Waals surface area contributed by atoms with Gasteiger partial charge in [0.05, 0.1) is 0 Å². The van der Waals surface area contributed by atoms with Crippen LogP contribution in [0.15, 0.2) is 24.3 Å². The molecule has 0 aromatic heterocycles. The van der Waals surface area contributed by atoms with E-state index in [2.05, 4.69) is 12.8 Å². The Kier molecular flexibility index (Phi) is 2.60. The van der Waals surface area contributed by atoms with Gasteiger partial charge in [0.25, 0.3) is 0 Å². The van der Waals surface area contributed by atoms with E-state index in [-0.39, 0.29) is 17.6 Å². The molecular formula is C14H14O. The summed E-state index contributed by atoms with van der Waals surface area (Å²) in [4.78, 5) is 12.0. The van der Waals surface area contributed by atoms with Crippen LogP contribution in [0.3, 0.4) is 0 Å².